The Hall–Kier alpha value is -2.96. The van der Waals surface area contributed by atoms with E-state index in [4.69, 9.17) is 4.98 Å². The molecule has 0 bridgehead atoms. The molecule has 1 amide bonds. The number of likely N-dealkylation sites (tertiary alicyclic amines) is 1. The van der Waals surface area contributed by atoms with Gasteiger partial charge in [-0.25, -0.2) is 4.98 Å². The van der Waals surface area contributed by atoms with Crippen LogP contribution in [0.5, 0.6) is 5.75 Å². The first kappa shape index (κ1) is 20.3. The quantitative estimate of drug-likeness (QED) is 0.575. The lowest BCUT2D eigenvalue weighted by Gasteiger charge is -2.33. The van der Waals surface area contributed by atoms with Gasteiger partial charge in [0.05, 0.1) is 11.0 Å². The molecule has 2 heterocycles. The average molecular weight is 413 g/mol. The Kier molecular flexibility index (Phi) is 5.70. The monoisotopic (exact) mass is 413 g/mol. The van der Waals surface area contributed by atoms with Crippen LogP contribution in [0.25, 0.3) is 11.0 Å². The van der Waals surface area contributed by atoms with Gasteiger partial charge in [0, 0.05) is 30.6 Å². The number of rotatable bonds is 5. The van der Waals surface area contributed by atoms with Crippen LogP contribution in [-0.2, 0) is 0 Å². The lowest BCUT2D eigenvalue weighted by atomic mass is 9.96. The summed E-state index contributed by atoms with van der Waals surface area (Å²) < 4.78 is 31.3. The van der Waals surface area contributed by atoms with Gasteiger partial charge in [-0.05, 0) is 63.1 Å². The zero-order valence-electron chi connectivity index (χ0n) is 17.1. The lowest BCUT2D eigenvalue weighted by molar-refractivity contribution is -0.0498. The van der Waals surface area contributed by atoms with E-state index in [0.717, 1.165) is 29.7 Å². The summed E-state index contributed by atoms with van der Waals surface area (Å²) in [5.74, 6) is 1.11. The topological polar surface area (TPSA) is 47.4 Å². The second-order valence-electron chi connectivity index (χ2n) is 7.92. The third-order valence-electron chi connectivity index (χ3n) is 5.54. The molecular formula is C23H25F2N3O2. The number of hydrogen-bond donors (Lipinski definition) is 0. The Morgan fingerprint density at radius 1 is 1.13 bits per heavy atom. The van der Waals surface area contributed by atoms with Crippen LogP contribution in [0.3, 0.4) is 0 Å². The largest absolute Gasteiger partial charge is 0.435 e. The van der Waals surface area contributed by atoms with Crippen molar-refractivity contribution >= 4 is 16.9 Å². The fraction of sp³-hybridized carbons (Fsp3) is 0.391. The summed E-state index contributed by atoms with van der Waals surface area (Å²) >= 11 is 0. The SMILES string of the molecule is CC(C)n1c(C2CCCN(C(=O)c3ccc(OC(F)F)cc3)C2)nc2ccccc21. The van der Waals surface area contributed by atoms with Crippen molar-refractivity contribution in [3.8, 4) is 5.75 Å². The summed E-state index contributed by atoms with van der Waals surface area (Å²) in [6.45, 7) is 2.67. The minimum Gasteiger partial charge on any atom is -0.435 e. The van der Waals surface area contributed by atoms with Gasteiger partial charge >= 0.3 is 6.61 Å². The molecule has 5 nitrogen and oxygen atoms in total. The summed E-state index contributed by atoms with van der Waals surface area (Å²) in [5.41, 5.74) is 2.55. The van der Waals surface area contributed by atoms with Gasteiger partial charge in [0.25, 0.3) is 5.91 Å². The highest BCUT2D eigenvalue weighted by atomic mass is 19.3. The number of aromatic nitrogens is 2. The van der Waals surface area contributed by atoms with Crippen LogP contribution < -0.4 is 4.74 Å². The zero-order chi connectivity index (χ0) is 21.3. The number of hydrogen-bond acceptors (Lipinski definition) is 3. The molecule has 1 atom stereocenters. The molecule has 1 saturated heterocycles. The van der Waals surface area contributed by atoms with E-state index < -0.39 is 6.61 Å². The van der Waals surface area contributed by atoms with Crippen LogP contribution in [0.2, 0.25) is 0 Å². The number of fused-ring (bicyclic) bond motifs is 1. The van der Waals surface area contributed by atoms with Crippen molar-refractivity contribution < 1.29 is 18.3 Å². The van der Waals surface area contributed by atoms with E-state index in [0.29, 0.717) is 18.7 Å². The molecule has 0 N–H and O–H groups in total. The fourth-order valence-corrected chi connectivity index (χ4v) is 4.23. The molecule has 1 fully saturated rings. The van der Waals surface area contributed by atoms with Gasteiger partial charge in [-0.2, -0.15) is 8.78 Å². The number of alkyl halides is 2. The number of ether oxygens (including phenoxy) is 1. The summed E-state index contributed by atoms with van der Waals surface area (Å²) in [6, 6.07) is 14.2. The zero-order valence-corrected chi connectivity index (χ0v) is 17.1. The number of carbonyl (C=O) groups is 1. The van der Waals surface area contributed by atoms with Gasteiger partial charge in [-0.15, -0.1) is 0 Å². The van der Waals surface area contributed by atoms with E-state index in [1.807, 2.05) is 23.1 Å². The van der Waals surface area contributed by atoms with Gasteiger partial charge in [0.2, 0.25) is 0 Å². The number of halogens is 2. The van der Waals surface area contributed by atoms with E-state index in [1.165, 1.54) is 24.3 Å². The standard InChI is InChI=1S/C23H25F2N3O2/c1-15(2)28-20-8-4-3-7-19(20)26-21(28)17-6-5-13-27(14-17)22(29)16-9-11-18(12-10-16)30-23(24)25/h3-4,7-12,15,17,23H,5-6,13-14H2,1-2H3. The van der Waals surface area contributed by atoms with Gasteiger partial charge in [-0.3, -0.25) is 4.79 Å². The van der Waals surface area contributed by atoms with Crippen LogP contribution in [0.4, 0.5) is 8.78 Å². The van der Waals surface area contributed by atoms with E-state index in [-0.39, 0.29) is 23.6 Å². The Morgan fingerprint density at radius 3 is 2.57 bits per heavy atom. The van der Waals surface area contributed by atoms with Crippen LogP contribution >= 0.6 is 0 Å². The Morgan fingerprint density at radius 2 is 1.87 bits per heavy atom. The van der Waals surface area contributed by atoms with Gasteiger partial charge < -0.3 is 14.2 Å². The lowest BCUT2D eigenvalue weighted by Crippen LogP contribution is -2.39. The van der Waals surface area contributed by atoms with Gasteiger partial charge in [0.1, 0.15) is 11.6 Å². The van der Waals surface area contributed by atoms with Crippen LogP contribution in [0, 0.1) is 0 Å². The first-order chi connectivity index (χ1) is 14.4. The molecule has 2 aromatic carbocycles. The van der Waals surface area contributed by atoms with Crippen molar-refractivity contribution in [3.05, 3.63) is 59.9 Å². The Bertz CT molecular complexity index is 1030. The molecule has 0 spiro atoms. The summed E-state index contributed by atoms with van der Waals surface area (Å²) in [6.07, 6.45) is 1.87. The summed E-state index contributed by atoms with van der Waals surface area (Å²) in [4.78, 5) is 19.7. The molecule has 4 rings (SSSR count). The smallest absolute Gasteiger partial charge is 0.387 e. The van der Waals surface area contributed by atoms with E-state index >= 15 is 0 Å². The number of carbonyl (C=O) groups excluding carboxylic acids is 1. The minimum atomic E-state index is -2.88. The van der Waals surface area contributed by atoms with Crippen molar-refractivity contribution in [2.24, 2.45) is 0 Å². The van der Waals surface area contributed by atoms with Gasteiger partial charge in [0.15, 0.2) is 0 Å². The maximum absolute atomic E-state index is 13.0. The predicted molar refractivity (Wildman–Crippen MR) is 111 cm³/mol. The molecule has 1 aliphatic rings. The van der Waals surface area contributed by atoms with E-state index in [1.54, 1.807) is 0 Å². The molecule has 0 aliphatic carbocycles. The molecule has 158 valence electrons. The maximum Gasteiger partial charge on any atom is 0.387 e. The molecule has 0 radical (unpaired) electrons. The number of benzene rings is 2. The number of nitrogens with zero attached hydrogens (tertiary/aromatic N) is 3. The maximum atomic E-state index is 13.0. The van der Waals surface area contributed by atoms with Crippen molar-refractivity contribution in [2.75, 3.05) is 13.1 Å². The highest BCUT2D eigenvalue weighted by Gasteiger charge is 2.29. The van der Waals surface area contributed by atoms with Crippen molar-refractivity contribution in [1.82, 2.24) is 14.5 Å². The molecule has 1 aromatic heterocycles. The highest BCUT2D eigenvalue weighted by Crippen LogP contribution is 2.32. The number of para-hydroxylation sites is 2. The Balaban J connectivity index is 1.56. The fourth-order valence-electron chi connectivity index (χ4n) is 4.23. The molecular weight excluding hydrogens is 388 g/mol. The van der Waals surface area contributed by atoms with Crippen molar-refractivity contribution in [1.29, 1.82) is 0 Å². The molecule has 0 saturated carbocycles. The number of imidazole rings is 1. The third-order valence-corrected chi connectivity index (χ3v) is 5.54. The first-order valence-corrected chi connectivity index (χ1v) is 10.2. The van der Waals surface area contributed by atoms with Crippen molar-refractivity contribution in [2.45, 2.75) is 45.3 Å². The Labute approximate surface area is 174 Å². The van der Waals surface area contributed by atoms with Crippen LogP contribution in [0.15, 0.2) is 48.5 Å². The van der Waals surface area contributed by atoms with Crippen LogP contribution in [0.1, 0.15) is 54.8 Å². The van der Waals surface area contributed by atoms with E-state index in [9.17, 15) is 13.6 Å². The molecule has 7 heteroatoms. The second-order valence-corrected chi connectivity index (χ2v) is 7.92. The van der Waals surface area contributed by atoms with Crippen LogP contribution in [-0.4, -0.2) is 40.1 Å². The molecule has 1 aliphatic heterocycles. The number of amides is 1. The van der Waals surface area contributed by atoms with E-state index in [2.05, 4.69) is 29.2 Å². The molecule has 3 aromatic rings. The first-order valence-electron chi connectivity index (χ1n) is 10.2. The number of piperidine rings is 1. The van der Waals surface area contributed by atoms with Crippen molar-refractivity contribution in [3.63, 3.8) is 0 Å². The molecule has 1 unspecified atom stereocenters. The third kappa shape index (κ3) is 4.01. The second kappa shape index (κ2) is 8.42. The highest BCUT2D eigenvalue weighted by molar-refractivity contribution is 5.94. The van der Waals surface area contributed by atoms with Gasteiger partial charge in [-0.1, -0.05) is 12.1 Å². The molecule has 30 heavy (non-hydrogen) atoms. The average Bonchev–Trinajstić information content (AvgIpc) is 3.13. The minimum absolute atomic E-state index is 0.0451. The summed E-state index contributed by atoms with van der Waals surface area (Å²) in [5, 5.41) is 0. The normalized spacial score (nSPS) is 17.1. The summed E-state index contributed by atoms with van der Waals surface area (Å²) in [7, 11) is 0. The predicted octanol–water partition coefficient (Wildman–Crippen LogP) is 5.24.